The molecule has 6 atom stereocenters. The minimum atomic E-state index is -1.60. The van der Waals surface area contributed by atoms with Crippen LogP contribution in [0.2, 0.25) is 0 Å². The molecular formula is C28H38O8. The maximum atomic E-state index is 13.9. The summed E-state index contributed by atoms with van der Waals surface area (Å²) < 4.78 is 16.1. The van der Waals surface area contributed by atoms with Crippen molar-refractivity contribution >= 4 is 29.5 Å². The second-order valence-electron chi connectivity index (χ2n) is 11.4. The van der Waals surface area contributed by atoms with E-state index in [9.17, 15) is 24.0 Å². The summed E-state index contributed by atoms with van der Waals surface area (Å²) in [4.78, 5) is 64.3. The number of carbonyl (C=O) groups excluding carboxylic acids is 5. The number of hydrogen-bond acceptors (Lipinski definition) is 8. The van der Waals surface area contributed by atoms with Crippen molar-refractivity contribution in [3.05, 3.63) is 11.6 Å². The number of ketones is 3. The van der Waals surface area contributed by atoms with Gasteiger partial charge in [0.2, 0.25) is 5.78 Å². The van der Waals surface area contributed by atoms with E-state index in [0.29, 0.717) is 25.7 Å². The molecule has 0 bridgehead atoms. The fourth-order valence-electron chi connectivity index (χ4n) is 7.88. The Bertz CT molecular complexity index is 998. The van der Waals surface area contributed by atoms with Gasteiger partial charge in [-0.3, -0.25) is 19.2 Å². The minimum absolute atomic E-state index is 0.0229. The molecule has 0 N–H and O–H groups in total. The van der Waals surface area contributed by atoms with Crippen LogP contribution in [0.25, 0.3) is 0 Å². The van der Waals surface area contributed by atoms with E-state index in [-0.39, 0.29) is 60.6 Å². The molecule has 0 aromatic carbocycles. The topological polar surface area (TPSA) is 113 Å². The van der Waals surface area contributed by atoms with Crippen LogP contribution in [0.5, 0.6) is 0 Å². The molecular weight excluding hydrogens is 464 g/mol. The molecule has 0 aliphatic heterocycles. The Morgan fingerprint density at radius 2 is 1.78 bits per heavy atom. The average Bonchev–Trinajstić information content (AvgIpc) is 3.10. The first-order chi connectivity index (χ1) is 17.0. The Balaban J connectivity index is 1.68. The number of allylic oxidation sites excluding steroid dienone is 1. The number of hydrogen-bond donors (Lipinski definition) is 0. The van der Waals surface area contributed by atoms with Crippen molar-refractivity contribution in [2.45, 2.75) is 91.1 Å². The highest BCUT2D eigenvalue weighted by atomic mass is 16.7. The Kier molecular flexibility index (Phi) is 7.19. The largest absolute Gasteiger partial charge is 0.509 e. The molecule has 0 aromatic rings. The average molecular weight is 503 g/mol. The Labute approximate surface area is 212 Å². The zero-order chi connectivity index (χ0) is 26.3. The highest BCUT2D eigenvalue weighted by Crippen LogP contribution is 2.67. The maximum Gasteiger partial charge on any atom is 0.509 e. The van der Waals surface area contributed by atoms with E-state index >= 15 is 0 Å². The van der Waals surface area contributed by atoms with Crippen LogP contribution in [0, 0.1) is 28.6 Å². The summed E-state index contributed by atoms with van der Waals surface area (Å²) in [6, 6.07) is 0. The molecule has 8 heteroatoms. The zero-order valence-electron chi connectivity index (χ0n) is 21.9. The lowest BCUT2D eigenvalue weighted by Gasteiger charge is -2.57. The number of carbonyl (C=O) groups is 5. The summed E-state index contributed by atoms with van der Waals surface area (Å²) in [7, 11) is 0. The zero-order valence-corrected chi connectivity index (χ0v) is 21.9. The first-order valence-corrected chi connectivity index (χ1v) is 13.3. The molecule has 0 saturated heterocycles. The number of fused-ring (bicyclic) bond motifs is 5. The quantitative estimate of drug-likeness (QED) is 0.467. The van der Waals surface area contributed by atoms with Gasteiger partial charge in [0.15, 0.2) is 18.0 Å². The van der Waals surface area contributed by atoms with Gasteiger partial charge in [-0.05, 0) is 68.8 Å². The summed E-state index contributed by atoms with van der Waals surface area (Å²) in [6.45, 7) is 7.06. The second-order valence-corrected chi connectivity index (χ2v) is 11.4. The van der Waals surface area contributed by atoms with Crippen LogP contribution >= 0.6 is 0 Å². The van der Waals surface area contributed by atoms with E-state index in [1.807, 2.05) is 13.8 Å². The Morgan fingerprint density at radius 3 is 2.47 bits per heavy atom. The lowest BCUT2D eigenvalue weighted by atomic mass is 9.46. The lowest BCUT2D eigenvalue weighted by Crippen LogP contribution is -2.62. The first kappa shape index (κ1) is 26.6. The fraction of sp³-hybridized carbons (Fsp3) is 0.750. The van der Waals surface area contributed by atoms with E-state index in [4.69, 9.17) is 14.2 Å². The van der Waals surface area contributed by atoms with Crippen molar-refractivity contribution in [3.8, 4) is 0 Å². The second kappa shape index (κ2) is 9.75. The van der Waals surface area contributed by atoms with E-state index in [0.717, 1.165) is 18.4 Å². The fourth-order valence-corrected chi connectivity index (χ4v) is 7.88. The van der Waals surface area contributed by atoms with Crippen molar-refractivity contribution < 1.29 is 38.2 Å². The number of ether oxygens (including phenoxy) is 3. The molecule has 198 valence electrons. The van der Waals surface area contributed by atoms with Crippen LogP contribution < -0.4 is 0 Å². The van der Waals surface area contributed by atoms with Gasteiger partial charge in [0, 0.05) is 30.6 Å². The van der Waals surface area contributed by atoms with Crippen LogP contribution in [-0.4, -0.2) is 48.3 Å². The Hall–Kier alpha value is -2.51. The summed E-state index contributed by atoms with van der Waals surface area (Å²) in [5.41, 5.74) is -1.82. The van der Waals surface area contributed by atoms with Gasteiger partial charge in [0.1, 0.15) is 5.78 Å². The monoisotopic (exact) mass is 502 g/mol. The molecule has 3 saturated carbocycles. The van der Waals surface area contributed by atoms with Crippen molar-refractivity contribution in [1.82, 2.24) is 0 Å². The predicted molar refractivity (Wildman–Crippen MR) is 129 cm³/mol. The minimum Gasteiger partial charge on any atom is -0.457 e. The molecule has 3 fully saturated rings. The van der Waals surface area contributed by atoms with Gasteiger partial charge in [0.25, 0.3) is 0 Å². The van der Waals surface area contributed by atoms with Gasteiger partial charge >= 0.3 is 12.1 Å². The van der Waals surface area contributed by atoms with Crippen molar-refractivity contribution in [1.29, 1.82) is 0 Å². The third kappa shape index (κ3) is 4.10. The molecule has 0 amide bonds. The Morgan fingerprint density at radius 1 is 1.03 bits per heavy atom. The molecule has 0 unspecified atom stereocenters. The van der Waals surface area contributed by atoms with E-state index in [1.54, 1.807) is 13.0 Å². The van der Waals surface area contributed by atoms with Crippen molar-refractivity contribution in [2.75, 3.05) is 13.2 Å². The lowest BCUT2D eigenvalue weighted by molar-refractivity contribution is -0.177. The predicted octanol–water partition coefficient (Wildman–Crippen LogP) is 4.52. The normalized spacial score (nSPS) is 37.2. The summed E-state index contributed by atoms with van der Waals surface area (Å²) >= 11 is 0. The van der Waals surface area contributed by atoms with Gasteiger partial charge in [-0.1, -0.05) is 26.3 Å². The van der Waals surface area contributed by atoms with Crippen LogP contribution in [0.15, 0.2) is 11.6 Å². The SMILES string of the molecule is CCCC(=O)OCC(=O)[C@@]1(OC(=O)OCC)CC[C@H]2[C@@H]3CCC4=CC(=O)CC[C@]4(C)[C@H]3C(=O)C[C@@]21C. The van der Waals surface area contributed by atoms with Gasteiger partial charge in [-0.2, -0.15) is 0 Å². The summed E-state index contributed by atoms with van der Waals surface area (Å²) in [5.74, 6) is -1.03. The summed E-state index contributed by atoms with van der Waals surface area (Å²) in [5, 5.41) is 0. The molecule has 0 aromatic heterocycles. The number of esters is 1. The maximum absolute atomic E-state index is 13.9. The van der Waals surface area contributed by atoms with Gasteiger partial charge < -0.3 is 14.2 Å². The first-order valence-electron chi connectivity index (χ1n) is 13.3. The highest BCUT2D eigenvalue weighted by Gasteiger charge is 2.71. The van der Waals surface area contributed by atoms with E-state index in [1.165, 1.54) is 0 Å². The molecule has 4 aliphatic carbocycles. The standard InChI is InChI=1S/C28H38O8/c1-5-7-23(32)35-16-22(31)28(36-25(33)34-6-2)13-11-20-19-9-8-17-14-18(29)10-12-26(17,3)24(19)21(30)15-27(20,28)4/h14,19-20,24H,5-13,15-16H2,1-4H3/t19-,20-,24+,26-,27-,28-/m0/s1. The smallest absolute Gasteiger partial charge is 0.457 e. The molecule has 0 heterocycles. The van der Waals surface area contributed by atoms with Gasteiger partial charge in [0.05, 0.1) is 6.61 Å². The van der Waals surface area contributed by atoms with Crippen LogP contribution in [0.3, 0.4) is 0 Å². The summed E-state index contributed by atoms with van der Waals surface area (Å²) in [6.07, 6.45) is 5.14. The molecule has 0 radical (unpaired) electrons. The molecule has 4 rings (SSSR count). The highest BCUT2D eigenvalue weighted by molar-refractivity contribution is 5.96. The number of rotatable bonds is 7. The van der Waals surface area contributed by atoms with E-state index < -0.39 is 35.5 Å². The third-order valence-electron chi connectivity index (χ3n) is 9.56. The number of Topliss-reactive ketones (excluding diaryl/α,β-unsaturated/α-hetero) is 2. The third-order valence-corrected chi connectivity index (χ3v) is 9.56. The van der Waals surface area contributed by atoms with Gasteiger partial charge in [-0.25, -0.2) is 4.79 Å². The van der Waals surface area contributed by atoms with Crippen LogP contribution in [-0.2, 0) is 33.4 Å². The van der Waals surface area contributed by atoms with Crippen molar-refractivity contribution in [2.24, 2.45) is 28.6 Å². The van der Waals surface area contributed by atoms with E-state index in [2.05, 4.69) is 6.92 Å². The molecule has 8 nitrogen and oxygen atoms in total. The molecule has 0 spiro atoms. The van der Waals surface area contributed by atoms with Crippen molar-refractivity contribution in [3.63, 3.8) is 0 Å². The molecule has 36 heavy (non-hydrogen) atoms. The molecule has 4 aliphatic rings. The van der Waals surface area contributed by atoms with Crippen LogP contribution in [0.1, 0.15) is 85.5 Å². The van der Waals surface area contributed by atoms with Gasteiger partial charge in [-0.15, -0.1) is 0 Å². The van der Waals surface area contributed by atoms with Crippen LogP contribution in [0.4, 0.5) is 4.79 Å².